The minimum atomic E-state index is -0.572. The van der Waals surface area contributed by atoms with E-state index in [1.807, 2.05) is 30.3 Å². The van der Waals surface area contributed by atoms with Crippen molar-refractivity contribution >= 4 is 50.1 Å². The molecule has 0 aliphatic heterocycles. The number of carbonyl (C=O) groups excluding carboxylic acids is 2. The lowest BCUT2D eigenvalue weighted by Gasteiger charge is -2.19. The SMILES string of the molecule is O=C(C[C@H](NC(=O)c1ccccc1Cl)c1ccccc1)Nc1nc2ccc(F)cc2s1. The van der Waals surface area contributed by atoms with Gasteiger partial charge in [0, 0.05) is 0 Å². The number of hydrogen-bond donors (Lipinski definition) is 2. The van der Waals surface area contributed by atoms with E-state index in [1.54, 1.807) is 30.3 Å². The Morgan fingerprint density at radius 3 is 2.55 bits per heavy atom. The first-order valence-corrected chi connectivity index (χ1v) is 10.7. The monoisotopic (exact) mass is 453 g/mol. The largest absolute Gasteiger partial charge is 0.345 e. The number of carbonyl (C=O) groups is 2. The maximum Gasteiger partial charge on any atom is 0.253 e. The molecule has 2 N–H and O–H groups in total. The maximum absolute atomic E-state index is 13.4. The molecule has 0 fully saturated rings. The molecule has 8 heteroatoms. The van der Waals surface area contributed by atoms with Gasteiger partial charge in [-0.25, -0.2) is 9.37 Å². The first-order chi connectivity index (χ1) is 15.0. The van der Waals surface area contributed by atoms with E-state index >= 15 is 0 Å². The number of thiazole rings is 1. The average Bonchev–Trinajstić information content (AvgIpc) is 3.15. The molecule has 156 valence electrons. The maximum atomic E-state index is 13.4. The fourth-order valence-corrected chi connectivity index (χ4v) is 4.26. The molecule has 0 radical (unpaired) electrons. The normalized spacial score (nSPS) is 11.8. The summed E-state index contributed by atoms with van der Waals surface area (Å²) in [5.41, 5.74) is 1.72. The van der Waals surface area contributed by atoms with Crippen LogP contribution in [0.2, 0.25) is 5.02 Å². The third kappa shape index (κ3) is 5.07. The van der Waals surface area contributed by atoms with Crippen LogP contribution in [0.3, 0.4) is 0 Å². The number of benzene rings is 3. The number of fused-ring (bicyclic) bond motifs is 1. The van der Waals surface area contributed by atoms with Crippen molar-refractivity contribution in [1.29, 1.82) is 0 Å². The van der Waals surface area contributed by atoms with Gasteiger partial charge in [-0.05, 0) is 35.9 Å². The second-order valence-corrected chi connectivity index (χ2v) is 8.24. The quantitative estimate of drug-likeness (QED) is 0.400. The molecular weight excluding hydrogens is 437 g/mol. The standard InChI is InChI=1S/C23H17ClFN3O2S/c24-17-9-5-4-8-16(17)22(30)26-19(14-6-2-1-3-7-14)13-21(29)28-23-27-18-11-10-15(25)12-20(18)31-23/h1-12,19H,13H2,(H,26,30)(H,27,28,29)/t19-/m0/s1. The molecule has 2 amide bonds. The summed E-state index contributed by atoms with van der Waals surface area (Å²) in [6.45, 7) is 0. The van der Waals surface area contributed by atoms with Gasteiger partial charge in [0.1, 0.15) is 5.82 Å². The number of nitrogens with one attached hydrogen (secondary N) is 2. The van der Waals surface area contributed by atoms with Crippen molar-refractivity contribution in [3.05, 3.63) is 94.8 Å². The van der Waals surface area contributed by atoms with Crippen LogP contribution >= 0.6 is 22.9 Å². The van der Waals surface area contributed by atoms with Crippen LogP contribution in [-0.4, -0.2) is 16.8 Å². The first kappa shape index (κ1) is 21.0. The summed E-state index contributed by atoms with van der Waals surface area (Å²) in [7, 11) is 0. The molecule has 1 aromatic heterocycles. The molecule has 3 aromatic carbocycles. The van der Waals surface area contributed by atoms with Gasteiger partial charge in [0.25, 0.3) is 5.91 Å². The number of nitrogens with zero attached hydrogens (tertiary/aromatic N) is 1. The van der Waals surface area contributed by atoms with Crippen molar-refractivity contribution in [2.45, 2.75) is 12.5 Å². The molecule has 31 heavy (non-hydrogen) atoms. The zero-order chi connectivity index (χ0) is 21.8. The van der Waals surface area contributed by atoms with Gasteiger partial charge < -0.3 is 10.6 Å². The third-order valence-corrected chi connectivity index (χ3v) is 5.88. The molecule has 5 nitrogen and oxygen atoms in total. The van der Waals surface area contributed by atoms with Crippen molar-refractivity contribution in [1.82, 2.24) is 10.3 Å². The Bertz CT molecular complexity index is 1250. The summed E-state index contributed by atoms with van der Waals surface area (Å²) in [6, 6.07) is 19.6. The summed E-state index contributed by atoms with van der Waals surface area (Å²) in [5, 5.41) is 6.34. The lowest BCUT2D eigenvalue weighted by Crippen LogP contribution is -2.31. The smallest absolute Gasteiger partial charge is 0.253 e. The van der Waals surface area contributed by atoms with Crippen LogP contribution < -0.4 is 10.6 Å². The van der Waals surface area contributed by atoms with Crippen LogP contribution in [0.15, 0.2) is 72.8 Å². The number of amides is 2. The molecule has 0 aliphatic rings. The zero-order valence-corrected chi connectivity index (χ0v) is 17.7. The minimum Gasteiger partial charge on any atom is -0.345 e. The molecule has 4 rings (SSSR count). The Labute approximate surface area is 186 Å². The van der Waals surface area contributed by atoms with E-state index in [9.17, 15) is 14.0 Å². The average molecular weight is 454 g/mol. The highest BCUT2D eigenvalue weighted by Crippen LogP contribution is 2.27. The van der Waals surface area contributed by atoms with Gasteiger partial charge in [0.2, 0.25) is 5.91 Å². The molecule has 4 aromatic rings. The van der Waals surface area contributed by atoms with Crippen molar-refractivity contribution in [3.63, 3.8) is 0 Å². The Hall–Kier alpha value is -3.29. The van der Waals surface area contributed by atoms with E-state index in [0.717, 1.165) is 5.56 Å². The Kier molecular flexibility index (Phi) is 6.25. The van der Waals surface area contributed by atoms with Gasteiger partial charge in [-0.15, -0.1) is 0 Å². The second kappa shape index (κ2) is 9.24. The summed E-state index contributed by atoms with van der Waals surface area (Å²) in [6.07, 6.45) is -0.00943. The van der Waals surface area contributed by atoms with Crippen LogP contribution in [-0.2, 0) is 4.79 Å². The molecule has 1 atom stereocenters. The third-order valence-electron chi connectivity index (χ3n) is 4.61. The van der Waals surface area contributed by atoms with Crippen LogP contribution in [0.1, 0.15) is 28.4 Å². The van der Waals surface area contributed by atoms with Gasteiger partial charge in [0.15, 0.2) is 5.13 Å². The van der Waals surface area contributed by atoms with Crippen molar-refractivity contribution < 1.29 is 14.0 Å². The molecule has 0 saturated heterocycles. The van der Waals surface area contributed by atoms with Gasteiger partial charge in [-0.3, -0.25) is 9.59 Å². The van der Waals surface area contributed by atoms with Gasteiger partial charge >= 0.3 is 0 Å². The van der Waals surface area contributed by atoms with E-state index in [-0.39, 0.29) is 24.1 Å². The zero-order valence-electron chi connectivity index (χ0n) is 16.1. The summed E-state index contributed by atoms with van der Waals surface area (Å²) in [5.74, 6) is -1.06. The van der Waals surface area contributed by atoms with Crippen LogP contribution in [0.5, 0.6) is 0 Å². The van der Waals surface area contributed by atoms with E-state index in [2.05, 4.69) is 15.6 Å². The second-order valence-electron chi connectivity index (χ2n) is 6.80. The molecule has 0 bridgehead atoms. The van der Waals surface area contributed by atoms with Crippen molar-refractivity contribution in [3.8, 4) is 0 Å². The number of hydrogen-bond acceptors (Lipinski definition) is 4. The van der Waals surface area contributed by atoms with Gasteiger partial charge in [-0.2, -0.15) is 0 Å². The number of rotatable bonds is 6. The number of anilines is 1. The minimum absolute atomic E-state index is 0.00943. The first-order valence-electron chi connectivity index (χ1n) is 9.46. The van der Waals surface area contributed by atoms with Gasteiger partial charge in [-0.1, -0.05) is 65.4 Å². The summed E-state index contributed by atoms with van der Waals surface area (Å²) >= 11 is 7.33. The number of halogens is 2. The fraction of sp³-hybridized carbons (Fsp3) is 0.0870. The molecule has 1 heterocycles. The summed E-state index contributed by atoms with van der Waals surface area (Å²) < 4.78 is 14.0. The lowest BCUT2D eigenvalue weighted by atomic mass is 10.0. The Morgan fingerprint density at radius 1 is 1.03 bits per heavy atom. The van der Waals surface area contributed by atoms with Crippen LogP contribution in [0, 0.1) is 5.82 Å². The highest BCUT2D eigenvalue weighted by atomic mass is 35.5. The van der Waals surface area contributed by atoms with E-state index in [4.69, 9.17) is 11.6 Å². The molecular formula is C23H17ClFN3O2S. The highest BCUT2D eigenvalue weighted by molar-refractivity contribution is 7.22. The van der Waals surface area contributed by atoms with E-state index < -0.39 is 6.04 Å². The van der Waals surface area contributed by atoms with E-state index in [1.165, 1.54) is 23.5 Å². The molecule has 0 saturated carbocycles. The van der Waals surface area contributed by atoms with Crippen molar-refractivity contribution in [2.24, 2.45) is 0 Å². The Balaban J connectivity index is 1.52. The predicted molar refractivity (Wildman–Crippen MR) is 121 cm³/mol. The molecule has 0 spiro atoms. The number of aromatic nitrogens is 1. The van der Waals surface area contributed by atoms with E-state index in [0.29, 0.717) is 25.9 Å². The molecule has 0 aliphatic carbocycles. The van der Waals surface area contributed by atoms with Crippen LogP contribution in [0.25, 0.3) is 10.2 Å². The molecule has 0 unspecified atom stereocenters. The van der Waals surface area contributed by atoms with Crippen molar-refractivity contribution in [2.75, 3.05) is 5.32 Å². The topological polar surface area (TPSA) is 71.1 Å². The fourth-order valence-electron chi connectivity index (χ4n) is 3.13. The summed E-state index contributed by atoms with van der Waals surface area (Å²) in [4.78, 5) is 29.8. The predicted octanol–water partition coefficient (Wildman–Crippen LogP) is 5.59. The van der Waals surface area contributed by atoms with Gasteiger partial charge in [0.05, 0.1) is 33.3 Å². The highest BCUT2D eigenvalue weighted by Gasteiger charge is 2.21. The van der Waals surface area contributed by atoms with Crippen LogP contribution in [0.4, 0.5) is 9.52 Å². The Morgan fingerprint density at radius 2 is 1.77 bits per heavy atom. The lowest BCUT2D eigenvalue weighted by molar-refractivity contribution is -0.116.